The molecule has 0 fully saturated rings. The van der Waals surface area contributed by atoms with Gasteiger partial charge in [0.1, 0.15) is 0 Å². The smallest absolute Gasteiger partial charge is 0.322 e. The van der Waals surface area contributed by atoms with Crippen LogP contribution in [0.15, 0.2) is 48.2 Å². The SMILES string of the molecule is Cc1ccsc1CN(C)C(=O)Nc1cnn(-c2ccccn2)c1. The van der Waals surface area contributed by atoms with Crippen LogP contribution in [0, 0.1) is 6.92 Å². The second-order valence-corrected chi connectivity index (χ2v) is 6.18. The number of hydrogen-bond donors (Lipinski definition) is 1. The fourth-order valence-corrected chi connectivity index (χ4v) is 3.03. The summed E-state index contributed by atoms with van der Waals surface area (Å²) in [7, 11) is 1.78. The number of aryl methyl sites for hydroxylation is 1. The molecule has 23 heavy (non-hydrogen) atoms. The number of nitrogens with zero attached hydrogens (tertiary/aromatic N) is 4. The monoisotopic (exact) mass is 327 g/mol. The van der Waals surface area contributed by atoms with E-state index in [4.69, 9.17) is 0 Å². The standard InChI is InChI=1S/C16H17N5OS/c1-12-6-8-23-14(12)11-20(2)16(22)19-13-9-18-21(10-13)15-5-3-4-7-17-15/h3-10H,11H2,1-2H3,(H,19,22). The summed E-state index contributed by atoms with van der Waals surface area (Å²) in [5.41, 5.74) is 1.84. The molecule has 0 spiro atoms. The van der Waals surface area contributed by atoms with Gasteiger partial charge in [0, 0.05) is 18.1 Å². The van der Waals surface area contributed by atoms with E-state index in [2.05, 4.69) is 28.4 Å². The van der Waals surface area contributed by atoms with E-state index in [0.29, 0.717) is 18.1 Å². The van der Waals surface area contributed by atoms with Crippen molar-refractivity contribution in [3.05, 3.63) is 58.7 Å². The predicted molar refractivity (Wildman–Crippen MR) is 90.9 cm³/mol. The van der Waals surface area contributed by atoms with Crippen LogP contribution in [0.3, 0.4) is 0 Å². The van der Waals surface area contributed by atoms with Crippen molar-refractivity contribution in [3.63, 3.8) is 0 Å². The summed E-state index contributed by atoms with van der Waals surface area (Å²) in [5, 5.41) is 9.09. The lowest BCUT2D eigenvalue weighted by atomic mass is 10.3. The lowest BCUT2D eigenvalue weighted by Gasteiger charge is -2.17. The summed E-state index contributed by atoms with van der Waals surface area (Å²) in [6.07, 6.45) is 5.05. The van der Waals surface area contributed by atoms with Crippen LogP contribution in [0.1, 0.15) is 10.4 Å². The number of aromatic nitrogens is 3. The largest absolute Gasteiger partial charge is 0.322 e. The van der Waals surface area contributed by atoms with Gasteiger partial charge in [-0.3, -0.25) is 0 Å². The Morgan fingerprint density at radius 2 is 2.26 bits per heavy atom. The van der Waals surface area contributed by atoms with E-state index in [0.717, 1.165) is 0 Å². The van der Waals surface area contributed by atoms with Gasteiger partial charge < -0.3 is 10.2 Å². The zero-order valence-corrected chi connectivity index (χ0v) is 13.7. The molecule has 0 aliphatic carbocycles. The van der Waals surface area contributed by atoms with Crippen molar-refractivity contribution < 1.29 is 4.79 Å². The molecule has 0 aromatic carbocycles. The lowest BCUT2D eigenvalue weighted by molar-refractivity contribution is 0.221. The second-order valence-electron chi connectivity index (χ2n) is 5.17. The van der Waals surface area contributed by atoms with Crippen LogP contribution in [0.2, 0.25) is 0 Å². The highest BCUT2D eigenvalue weighted by Crippen LogP contribution is 2.18. The van der Waals surface area contributed by atoms with Crippen molar-refractivity contribution >= 4 is 23.1 Å². The molecule has 3 heterocycles. The van der Waals surface area contributed by atoms with Crippen LogP contribution >= 0.6 is 11.3 Å². The summed E-state index contributed by atoms with van der Waals surface area (Å²) < 4.78 is 1.62. The van der Waals surface area contributed by atoms with Crippen molar-refractivity contribution in [1.29, 1.82) is 0 Å². The third-order valence-electron chi connectivity index (χ3n) is 3.41. The van der Waals surface area contributed by atoms with E-state index in [1.807, 2.05) is 23.6 Å². The molecule has 0 radical (unpaired) electrons. The van der Waals surface area contributed by atoms with Crippen molar-refractivity contribution in [2.45, 2.75) is 13.5 Å². The number of anilines is 1. The zero-order chi connectivity index (χ0) is 16.2. The third kappa shape index (κ3) is 3.57. The van der Waals surface area contributed by atoms with E-state index >= 15 is 0 Å². The number of amides is 2. The van der Waals surface area contributed by atoms with Crippen LogP contribution in [0.5, 0.6) is 0 Å². The Balaban J connectivity index is 1.64. The van der Waals surface area contributed by atoms with Crippen LogP contribution in [-0.2, 0) is 6.54 Å². The fraction of sp³-hybridized carbons (Fsp3) is 0.188. The average Bonchev–Trinajstić information content (AvgIpc) is 3.18. The van der Waals surface area contributed by atoms with Crippen molar-refractivity contribution in [1.82, 2.24) is 19.7 Å². The highest BCUT2D eigenvalue weighted by atomic mass is 32.1. The van der Waals surface area contributed by atoms with Crippen molar-refractivity contribution in [3.8, 4) is 5.82 Å². The van der Waals surface area contributed by atoms with E-state index in [1.54, 1.807) is 46.6 Å². The van der Waals surface area contributed by atoms with Crippen LogP contribution in [0.4, 0.5) is 10.5 Å². The van der Waals surface area contributed by atoms with E-state index in [9.17, 15) is 4.79 Å². The normalized spacial score (nSPS) is 10.5. The van der Waals surface area contributed by atoms with Gasteiger partial charge in [0.05, 0.1) is 24.6 Å². The Hall–Kier alpha value is -2.67. The van der Waals surface area contributed by atoms with Crippen molar-refractivity contribution in [2.75, 3.05) is 12.4 Å². The first-order valence-corrected chi connectivity index (χ1v) is 8.02. The maximum absolute atomic E-state index is 12.3. The van der Waals surface area contributed by atoms with E-state index in [-0.39, 0.29) is 6.03 Å². The molecule has 3 rings (SSSR count). The average molecular weight is 327 g/mol. The number of urea groups is 1. The Bertz CT molecular complexity index is 796. The first-order chi connectivity index (χ1) is 11.1. The molecule has 3 aromatic heterocycles. The molecule has 0 saturated carbocycles. The second kappa shape index (κ2) is 6.62. The molecule has 3 aromatic rings. The molecule has 7 heteroatoms. The van der Waals surface area contributed by atoms with Gasteiger partial charge in [0.2, 0.25) is 0 Å². The first-order valence-electron chi connectivity index (χ1n) is 7.14. The quantitative estimate of drug-likeness (QED) is 0.799. The van der Waals surface area contributed by atoms with E-state index < -0.39 is 0 Å². The highest BCUT2D eigenvalue weighted by Gasteiger charge is 2.12. The van der Waals surface area contributed by atoms with Crippen LogP contribution < -0.4 is 5.32 Å². The van der Waals surface area contributed by atoms with Crippen LogP contribution in [-0.4, -0.2) is 32.7 Å². The summed E-state index contributed by atoms with van der Waals surface area (Å²) in [6, 6.07) is 7.47. The summed E-state index contributed by atoms with van der Waals surface area (Å²) in [6.45, 7) is 2.64. The number of rotatable bonds is 4. The third-order valence-corrected chi connectivity index (χ3v) is 4.42. The summed E-state index contributed by atoms with van der Waals surface area (Å²) >= 11 is 1.66. The number of carbonyl (C=O) groups excluding carboxylic acids is 1. The van der Waals surface area contributed by atoms with Gasteiger partial charge in [-0.2, -0.15) is 5.10 Å². The predicted octanol–water partition coefficient (Wildman–Crippen LogP) is 3.30. The number of carbonyl (C=O) groups is 1. The first kappa shape index (κ1) is 15.2. The number of nitrogens with one attached hydrogen (secondary N) is 1. The molecule has 118 valence electrons. The molecular weight excluding hydrogens is 310 g/mol. The van der Waals surface area contributed by atoms with Gasteiger partial charge in [-0.15, -0.1) is 11.3 Å². The van der Waals surface area contributed by atoms with Crippen molar-refractivity contribution in [2.24, 2.45) is 0 Å². The number of pyridine rings is 1. The minimum Gasteiger partial charge on any atom is -0.322 e. The minimum atomic E-state index is -0.168. The zero-order valence-electron chi connectivity index (χ0n) is 12.9. The Labute approximate surface area is 138 Å². The molecule has 0 atom stereocenters. The maximum atomic E-state index is 12.3. The molecule has 1 N–H and O–H groups in total. The van der Waals surface area contributed by atoms with Gasteiger partial charge in [0.15, 0.2) is 5.82 Å². The van der Waals surface area contributed by atoms with Gasteiger partial charge >= 0.3 is 6.03 Å². The summed E-state index contributed by atoms with van der Waals surface area (Å²) in [4.78, 5) is 19.3. The van der Waals surface area contributed by atoms with Gasteiger partial charge in [-0.1, -0.05) is 6.07 Å². The topological polar surface area (TPSA) is 63.1 Å². The number of thiophene rings is 1. The molecule has 2 amide bonds. The molecule has 0 unspecified atom stereocenters. The highest BCUT2D eigenvalue weighted by molar-refractivity contribution is 7.10. The number of hydrogen-bond acceptors (Lipinski definition) is 4. The molecule has 0 aliphatic rings. The molecule has 0 saturated heterocycles. The Morgan fingerprint density at radius 1 is 1.39 bits per heavy atom. The minimum absolute atomic E-state index is 0.168. The Morgan fingerprint density at radius 3 is 2.96 bits per heavy atom. The van der Waals surface area contributed by atoms with Gasteiger partial charge in [0.25, 0.3) is 0 Å². The molecule has 6 nitrogen and oxygen atoms in total. The summed E-state index contributed by atoms with van der Waals surface area (Å²) in [5.74, 6) is 0.704. The van der Waals surface area contributed by atoms with E-state index in [1.165, 1.54) is 10.4 Å². The van der Waals surface area contributed by atoms with Crippen LogP contribution in [0.25, 0.3) is 5.82 Å². The molecule has 0 bridgehead atoms. The molecule has 0 aliphatic heterocycles. The fourth-order valence-electron chi connectivity index (χ4n) is 2.07. The molecular formula is C16H17N5OS. The van der Waals surface area contributed by atoms with Gasteiger partial charge in [-0.25, -0.2) is 14.5 Å². The van der Waals surface area contributed by atoms with Gasteiger partial charge in [-0.05, 0) is 36.1 Å². The lowest BCUT2D eigenvalue weighted by Crippen LogP contribution is -2.30. The Kier molecular flexibility index (Phi) is 4.38. The maximum Gasteiger partial charge on any atom is 0.322 e.